The first-order chi connectivity index (χ1) is 11.7. The van der Waals surface area contributed by atoms with Crippen molar-refractivity contribution in [3.8, 4) is 22.6 Å². The summed E-state index contributed by atoms with van der Waals surface area (Å²) in [7, 11) is 0. The van der Waals surface area contributed by atoms with Gasteiger partial charge in [0.2, 0.25) is 5.89 Å². The minimum Gasteiger partial charge on any atom is -0.478 e. The van der Waals surface area contributed by atoms with Gasteiger partial charge in [-0.15, -0.1) is 0 Å². The lowest BCUT2D eigenvalue weighted by atomic mass is 10.1. The van der Waals surface area contributed by atoms with E-state index in [1.165, 1.54) is 0 Å². The van der Waals surface area contributed by atoms with Crippen molar-refractivity contribution in [3.63, 3.8) is 0 Å². The first kappa shape index (κ1) is 14.2. The average Bonchev–Trinajstić information content (AvgIpc) is 3.06. The highest BCUT2D eigenvalue weighted by Crippen LogP contribution is 2.28. The van der Waals surface area contributed by atoms with Crippen molar-refractivity contribution in [1.29, 1.82) is 0 Å². The second-order valence-electron chi connectivity index (χ2n) is 5.45. The maximum atomic E-state index is 10.9. The van der Waals surface area contributed by atoms with Crippen LogP contribution in [-0.2, 0) is 0 Å². The molecule has 4 aromatic rings. The first-order valence-corrected chi connectivity index (χ1v) is 7.50. The Kier molecular flexibility index (Phi) is 3.35. The van der Waals surface area contributed by atoms with E-state index < -0.39 is 5.97 Å². The van der Waals surface area contributed by atoms with Crippen LogP contribution >= 0.6 is 0 Å². The van der Waals surface area contributed by atoms with Gasteiger partial charge >= 0.3 is 5.97 Å². The van der Waals surface area contributed by atoms with Gasteiger partial charge in [-0.3, -0.25) is 0 Å². The lowest BCUT2D eigenvalue weighted by Crippen LogP contribution is -1.94. The summed E-state index contributed by atoms with van der Waals surface area (Å²) in [5.41, 5.74) is 4.65. The van der Waals surface area contributed by atoms with Gasteiger partial charge in [-0.2, -0.15) is 0 Å². The molecule has 0 atom stereocenters. The highest BCUT2D eigenvalue weighted by atomic mass is 16.4. The molecule has 4 nitrogen and oxygen atoms in total. The summed E-state index contributed by atoms with van der Waals surface area (Å²) in [5, 5.41) is 8.96. The van der Waals surface area contributed by atoms with Crippen molar-refractivity contribution < 1.29 is 14.3 Å². The fourth-order valence-electron chi connectivity index (χ4n) is 2.62. The van der Waals surface area contributed by atoms with E-state index in [0.717, 1.165) is 22.2 Å². The minimum absolute atomic E-state index is 0.237. The summed E-state index contributed by atoms with van der Waals surface area (Å²) < 4.78 is 5.79. The van der Waals surface area contributed by atoms with Crippen molar-refractivity contribution in [3.05, 3.63) is 78.4 Å². The predicted molar refractivity (Wildman–Crippen MR) is 91.8 cm³/mol. The van der Waals surface area contributed by atoms with E-state index in [1.807, 2.05) is 48.5 Å². The average molecular weight is 315 g/mol. The van der Waals surface area contributed by atoms with Crippen molar-refractivity contribution in [2.45, 2.75) is 0 Å². The van der Waals surface area contributed by atoms with Crippen LogP contribution in [0.4, 0.5) is 0 Å². The second-order valence-corrected chi connectivity index (χ2v) is 5.45. The lowest BCUT2D eigenvalue weighted by molar-refractivity contribution is 0.0697. The fraction of sp³-hybridized carbons (Fsp3) is 0. The summed E-state index contributed by atoms with van der Waals surface area (Å²) in [6.45, 7) is 0. The second kappa shape index (κ2) is 5.66. The van der Waals surface area contributed by atoms with Crippen LogP contribution in [0, 0.1) is 0 Å². The molecule has 3 aromatic carbocycles. The van der Waals surface area contributed by atoms with Crippen LogP contribution in [0.5, 0.6) is 0 Å². The highest BCUT2D eigenvalue weighted by Gasteiger charge is 2.10. The molecule has 4 heteroatoms. The Balaban J connectivity index is 1.74. The molecule has 0 bridgehead atoms. The van der Waals surface area contributed by atoms with Crippen LogP contribution in [0.15, 0.2) is 77.2 Å². The predicted octanol–water partition coefficient (Wildman–Crippen LogP) is 4.86. The fourth-order valence-corrected chi connectivity index (χ4v) is 2.62. The summed E-state index contributed by atoms with van der Waals surface area (Å²) >= 11 is 0. The molecule has 0 fully saturated rings. The van der Waals surface area contributed by atoms with E-state index in [4.69, 9.17) is 9.52 Å². The van der Waals surface area contributed by atoms with Gasteiger partial charge in [0, 0.05) is 5.56 Å². The third-order valence-electron chi connectivity index (χ3n) is 3.87. The lowest BCUT2D eigenvalue weighted by Gasteiger charge is -1.99. The van der Waals surface area contributed by atoms with E-state index in [0.29, 0.717) is 11.5 Å². The van der Waals surface area contributed by atoms with E-state index >= 15 is 0 Å². The monoisotopic (exact) mass is 315 g/mol. The number of hydrogen-bond donors (Lipinski definition) is 1. The van der Waals surface area contributed by atoms with Gasteiger partial charge in [0.25, 0.3) is 0 Å². The molecule has 0 aliphatic rings. The number of benzene rings is 3. The normalized spacial score (nSPS) is 10.8. The highest BCUT2D eigenvalue weighted by molar-refractivity contribution is 5.88. The number of aromatic carboxylic acids is 1. The Morgan fingerprint density at radius 3 is 2.25 bits per heavy atom. The van der Waals surface area contributed by atoms with E-state index in [-0.39, 0.29) is 5.56 Å². The Morgan fingerprint density at radius 1 is 0.833 bits per heavy atom. The maximum Gasteiger partial charge on any atom is 0.335 e. The molecule has 0 saturated heterocycles. The van der Waals surface area contributed by atoms with Gasteiger partial charge in [0.15, 0.2) is 5.58 Å². The molecular formula is C20H13NO3. The number of carboxylic acids is 1. The van der Waals surface area contributed by atoms with Gasteiger partial charge in [-0.1, -0.05) is 36.4 Å². The van der Waals surface area contributed by atoms with Crippen molar-refractivity contribution in [2.24, 2.45) is 0 Å². The summed E-state index contributed by atoms with van der Waals surface area (Å²) in [6, 6.07) is 22.5. The molecule has 0 amide bonds. The molecule has 1 heterocycles. The minimum atomic E-state index is -0.952. The van der Waals surface area contributed by atoms with Crippen LogP contribution in [0.1, 0.15) is 10.4 Å². The molecule has 1 N–H and O–H groups in total. The first-order valence-electron chi connectivity index (χ1n) is 7.50. The molecule has 0 aliphatic heterocycles. The summed E-state index contributed by atoms with van der Waals surface area (Å²) in [4.78, 5) is 15.5. The standard InChI is InChI=1S/C20H13NO3/c22-20(23)15-8-6-14(7-9-15)19-21-17-12-16(10-11-18(17)24-19)13-4-2-1-3-5-13/h1-12H,(H,22,23). The molecule has 0 spiro atoms. The topological polar surface area (TPSA) is 63.3 Å². The van der Waals surface area contributed by atoms with Gasteiger partial charge in [-0.05, 0) is 47.5 Å². The summed E-state index contributed by atoms with van der Waals surface area (Å²) in [5.74, 6) is -0.473. The smallest absolute Gasteiger partial charge is 0.335 e. The Labute approximate surface area is 138 Å². The van der Waals surface area contributed by atoms with Crippen molar-refractivity contribution >= 4 is 17.1 Å². The molecule has 116 valence electrons. The van der Waals surface area contributed by atoms with Gasteiger partial charge in [0.05, 0.1) is 5.56 Å². The SMILES string of the molecule is O=C(O)c1ccc(-c2nc3cc(-c4ccccc4)ccc3o2)cc1. The van der Waals surface area contributed by atoms with Crippen molar-refractivity contribution in [2.75, 3.05) is 0 Å². The Hall–Kier alpha value is -3.40. The zero-order chi connectivity index (χ0) is 16.5. The number of oxazole rings is 1. The zero-order valence-corrected chi connectivity index (χ0v) is 12.6. The molecule has 0 radical (unpaired) electrons. The van der Waals surface area contributed by atoms with Crippen LogP contribution in [0.25, 0.3) is 33.7 Å². The molecule has 0 aliphatic carbocycles. The molecule has 4 rings (SSSR count). The third-order valence-corrected chi connectivity index (χ3v) is 3.87. The Morgan fingerprint density at radius 2 is 1.54 bits per heavy atom. The quantitative estimate of drug-likeness (QED) is 0.586. The number of carbonyl (C=O) groups is 1. The third kappa shape index (κ3) is 2.54. The number of rotatable bonds is 3. The van der Waals surface area contributed by atoms with E-state index in [9.17, 15) is 4.79 Å². The van der Waals surface area contributed by atoms with Gasteiger partial charge in [-0.25, -0.2) is 9.78 Å². The number of hydrogen-bond acceptors (Lipinski definition) is 3. The number of nitrogens with zero attached hydrogens (tertiary/aromatic N) is 1. The summed E-state index contributed by atoms with van der Waals surface area (Å²) in [6.07, 6.45) is 0. The van der Waals surface area contributed by atoms with Crippen LogP contribution in [0.2, 0.25) is 0 Å². The van der Waals surface area contributed by atoms with E-state index in [1.54, 1.807) is 24.3 Å². The number of carboxylic acid groups (broad SMARTS) is 1. The number of aromatic nitrogens is 1. The molecule has 0 saturated carbocycles. The van der Waals surface area contributed by atoms with Crippen LogP contribution < -0.4 is 0 Å². The molecular weight excluding hydrogens is 302 g/mol. The molecule has 1 aromatic heterocycles. The van der Waals surface area contributed by atoms with Crippen LogP contribution in [0.3, 0.4) is 0 Å². The van der Waals surface area contributed by atoms with Gasteiger partial charge < -0.3 is 9.52 Å². The van der Waals surface area contributed by atoms with Crippen LogP contribution in [-0.4, -0.2) is 16.1 Å². The largest absolute Gasteiger partial charge is 0.478 e. The maximum absolute atomic E-state index is 10.9. The molecule has 0 unspecified atom stereocenters. The van der Waals surface area contributed by atoms with Crippen molar-refractivity contribution in [1.82, 2.24) is 4.98 Å². The Bertz CT molecular complexity index is 1020. The zero-order valence-electron chi connectivity index (χ0n) is 12.6. The van der Waals surface area contributed by atoms with Gasteiger partial charge in [0.1, 0.15) is 5.52 Å². The van der Waals surface area contributed by atoms with E-state index in [2.05, 4.69) is 4.98 Å². The molecule has 24 heavy (non-hydrogen) atoms. The number of fused-ring (bicyclic) bond motifs is 1.